The molecule has 0 rings (SSSR count). The van der Waals surface area contributed by atoms with E-state index >= 15 is 0 Å². The molecule has 0 radical (unpaired) electrons. The Morgan fingerprint density at radius 2 is 2.08 bits per heavy atom. The minimum Gasteiger partial charge on any atom is -0.115 e. The number of unbranched alkanes of at least 4 members (excludes halogenated alkanes) is 3. The zero-order chi connectivity index (χ0) is 9.94. The van der Waals surface area contributed by atoms with Crippen molar-refractivity contribution in [3.8, 4) is 24.2 Å². The van der Waals surface area contributed by atoms with Gasteiger partial charge in [-0.3, -0.25) is 0 Å². The van der Waals surface area contributed by atoms with Crippen LogP contribution in [0, 0.1) is 24.2 Å². The quantitative estimate of drug-likeness (QED) is 0.442. The fourth-order valence-electron chi connectivity index (χ4n) is 1.09. The highest BCUT2D eigenvalue weighted by atomic mass is 14.0. The first-order valence-corrected chi connectivity index (χ1v) is 4.93. The highest BCUT2D eigenvalue weighted by Crippen LogP contribution is 2.08. The second-order valence-corrected chi connectivity index (χ2v) is 3.02. The third kappa shape index (κ3) is 7.23. The smallest absolute Gasteiger partial charge is 0.0101 e. The number of hydrogen-bond donors (Lipinski definition) is 0. The van der Waals surface area contributed by atoms with E-state index in [0.717, 1.165) is 12.0 Å². The average Bonchev–Trinajstić information content (AvgIpc) is 2.17. The van der Waals surface area contributed by atoms with E-state index < -0.39 is 0 Å². The predicted octanol–water partition coefficient (Wildman–Crippen LogP) is 3.54. The lowest BCUT2D eigenvalue weighted by molar-refractivity contribution is 0.669. The van der Waals surface area contributed by atoms with Crippen molar-refractivity contribution in [2.45, 2.75) is 46.0 Å². The minimum absolute atomic E-state index is 1.01. The standard InChI is InChI=1S/C13H18/c1-4-7-9-10-12-13(6-3)11-8-5-2/h3,11H,4,7,9-10,12H2,1-2H3/b13-11+. The molecule has 0 aromatic carbocycles. The van der Waals surface area contributed by atoms with Gasteiger partial charge in [-0.15, -0.1) is 12.3 Å². The summed E-state index contributed by atoms with van der Waals surface area (Å²) in [5.41, 5.74) is 1.03. The van der Waals surface area contributed by atoms with Crippen LogP contribution in [0.5, 0.6) is 0 Å². The van der Waals surface area contributed by atoms with Crippen LogP contribution < -0.4 is 0 Å². The van der Waals surface area contributed by atoms with Gasteiger partial charge in [-0.1, -0.05) is 38.0 Å². The fraction of sp³-hybridized carbons (Fsp3) is 0.538. The summed E-state index contributed by atoms with van der Waals surface area (Å²) in [6, 6.07) is 0. The van der Waals surface area contributed by atoms with Crippen molar-refractivity contribution in [1.29, 1.82) is 0 Å². The van der Waals surface area contributed by atoms with E-state index in [9.17, 15) is 0 Å². The first-order chi connectivity index (χ1) is 6.35. The Labute approximate surface area is 82.4 Å². The van der Waals surface area contributed by atoms with Crippen LogP contribution in [-0.2, 0) is 0 Å². The molecular weight excluding hydrogens is 156 g/mol. The maximum Gasteiger partial charge on any atom is 0.0101 e. The summed E-state index contributed by atoms with van der Waals surface area (Å²) in [5, 5.41) is 0. The largest absolute Gasteiger partial charge is 0.115 e. The summed E-state index contributed by atoms with van der Waals surface area (Å²) < 4.78 is 0. The maximum absolute atomic E-state index is 5.34. The first kappa shape index (κ1) is 11.9. The average molecular weight is 174 g/mol. The molecular formula is C13H18. The number of terminal acetylenes is 1. The molecule has 0 nitrogen and oxygen atoms in total. The van der Waals surface area contributed by atoms with E-state index in [1.54, 1.807) is 0 Å². The molecule has 0 bridgehead atoms. The molecule has 0 aliphatic carbocycles. The van der Waals surface area contributed by atoms with E-state index in [-0.39, 0.29) is 0 Å². The van der Waals surface area contributed by atoms with Crippen molar-refractivity contribution in [1.82, 2.24) is 0 Å². The molecule has 0 N–H and O–H groups in total. The number of allylic oxidation sites excluding steroid dienone is 2. The highest BCUT2D eigenvalue weighted by molar-refractivity contribution is 5.32. The van der Waals surface area contributed by atoms with E-state index in [1.807, 2.05) is 13.0 Å². The number of rotatable bonds is 5. The van der Waals surface area contributed by atoms with E-state index in [2.05, 4.69) is 24.7 Å². The third-order valence-corrected chi connectivity index (χ3v) is 1.88. The molecule has 0 spiro atoms. The first-order valence-electron chi connectivity index (χ1n) is 4.93. The van der Waals surface area contributed by atoms with Gasteiger partial charge < -0.3 is 0 Å². The molecule has 0 aliphatic heterocycles. The molecule has 0 unspecified atom stereocenters. The second kappa shape index (κ2) is 8.95. The molecule has 13 heavy (non-hydrogen) atoms. The number of hydrogen-bond acceptors (Lipinski definition) is 0. The van der Waals surface area contributed by atoms with Gasteiger partial charge in [0.05, 0.1) is 0 Å². The summed E-state index contributed by atoms with van der Waals surface area (Å²) in [6.45, 7) is 4.03. The summed E-state index contributed by atoms with van der Waals surface area (Å²) in [4.78, 5) is 0. The summed E-state index contributed by atoms with van der Waals surface area (Å²) >= 11 is 0. The Bertz CT molecular complexity index is 239. The van der Waals surface area contributed by atoms with Crippen LogP contribution in [0.4, 0.5) is 0 Å². The van der Waals surface area contributed by atoms with Gasteiger partial charge >= 0.3 is 0 Å². The fourth-order valence-corrected chi connectivity index (χ4v) is 1.09. The van der Waals surface area contributed by atoms with Crippen LogP contribution in [0.1, 0.15) is 46.0 Å². The molecule has 0 saturated heterocycles. The lowest BCUT2D eigenvalue weighted by Gasteiger charge is -1.97. The predicted molar refractivity (Wildman–Crippen MR) is 59.1 cm³/mol. The van der Waals surface area contributed by atoms with Gasteiger partial charge in [0.1, 0.15) is 0 Å². The lowest BCUT2D eigenvalue weighted by Crippen LogP contribution is -1.81. The van der Waals surface area contributed by atoms with Gasteiger partial charge in [0.2, 0.25) is 0 Å². The Kier molecular flexibility index (Phi) is 8.17. The normalized spacial score (nSPS) is 10.1. The Balaban J connectivity index is 3.72. The van der Waals surface area contributed by atoms with Crippen LogP contribution in [0.3, 0.4) is 0 Å². The molecule has 0 aliphatic rings. The van der Waals surface area contributed by atoms with Crippen LogP contribution in [-0.4, -0.2) is 0 Å². The van der Waals surface area contributed by atoms with Crippen molar-refractivity contribution in [2.24, 2.45) is 0 Å². The van der Waals surface area contributed by atoms with Crippen molar-refractivity contribution < 1.29 is 0 Å². The van der Waals surface area contributed by atoms with Crippen LogP contribution in [0.25, 0.3) is 0 Å². The van der Waals surface area contributed by atoms with Gasteiger partial charge in [-0.2, -0.15) is 0 Å². The molecule has 70 valence electrons. The molecule has 0 heterocycles. The molecule has 0 heteroatoms. The van der Waals surface area contributed by atoms with Crippen molar-refractivity contribution in [3.05, 3.63) is 11.6 Å². The van der Waals surface area contributed by atoms with Gasteiger partial charge in [-0.05, 0) is 25.8 Å². The van der Waals surface area contributed by atoms with E-state index in [4.69, 9.17) is 6.42 Å². The van der Waals surface area contributed by atoms with Gasteiger partial charge in [0.15, 0.2) is 0 Å². The van der Waals surface area contributed by atoms with Crippen LogP contribution in [0.2, 0.25) is 0 Å². The van der Waals surface area contributed by atoms with Gasteiger partial charge in [0.25, 0.3) is 0 Å². The molecule has 0 aromatic heterocycles. The second-order valence-electron chi connectivity index (χ2n) is 3.02. The molecule has 0 fully saturated rings. The van der Waals surface area contributed by atoms with Crippen molar-refractivity contribution in [2.75, 3.05) is 0 Å². The monoisotopic (exact) mass is 174 g/mol. The Hall–Kier alpha value is -1.14. The molecule has 0 aromatic rings. The van der Waals surface area contributed by atoms with Crippen molar-refractivity contribution in [3.63, 3.8) is 0 Å². The summed E-state index contributed by atoms with van der Waals surface area (Å²) in [5.74, 6) is 8.37. The van der Waals surface area contributed by atoms with Crippen molar-refractivity contribution >= 4 is 0 Å². The summed E-state index contributed by atoms with van der Waals surface area (Å²) in [6.07, 6.45) is 13.2. The molecule has 0 amide bonds. The topological polar surface area (TPSA) is 0 Å². The van der Waals surface area contributed by atoms with Gasteiger partial charge in [-0.25, -0.2) is 0 Å². The maximum atomic E-state index is 5.34. The third-order valence-electron chi connectivity index (χ3n) is 1.88. The van der Waals surface area contributed by atoms with Crippen LogP contribution >= 0.6 is 0 Å². The zero-order valence-electron chi connectivity index (χ0n) is 8.69. The Morgan fingerprint density at radius 3 is 2.62 bits per heavy atom. The highest BCUT2D eigenvalue weighted by Gasteiger charge is 1.91. The SMILES string of the molecule is C#C/C(=C\C#CC)CCCCCC. The van der Waals surface area contributed by atoms with E-state index in [1.165, 1.54) is 25.7 Å². The van der Waals surface area contributed by atoms with Crippen LogP contribution in [0.15, 0.2) is 11.6 Å². The van der Waals surface area contributed by atoms with E-state index in [0.29, 0.717) is 0 Å². The minimum atomic E-state index is 1.01. The van der Waals surface area contributed by atoms with Gasteiger partial charge in [0, 0.05) is 5.57 Å². The zero-order valence-corrected chi connectivity index (χ0v) is 8.69. The lowest BCUT2D eigenvalue weighted by atomic mass is 10.1. The Morgan fingerprint density at radius 1 is 1.31 bits per heavy atom. The molecule has 0 atom stereocenters. The molecule has 0 saturated carbocycles. The summed E-state index contributed by atoms with van der Waals surface area (Å²) in [7, 11) is 0.